The molecule has 3 aromatic carbocycles. The summed E-state index contributed by atoms with van der Waals surface area (Å²) in [6.45, 7) is 0. The number of carbonyl (C=O) groups excluding carboxylic acids is 2. The molecule has 1 heterocycles. The van der Waals surface area contributed by atoms with Gasteiger partial charge in [-0.1, -0.05) is 12.1 Å². The zero-order valence-corrected chi connectivity index (χ0v) is 16.7. The Morgan fingerprint density at radius 2 is 1.74 bits per heavy atom. The highest BCUT2D eigenvalue weighted by molar-refractivity contribution is 6.14. The fourth-order valence-electron chi connectivity index (χ4n) is 3.11. The summed E-state index contributed by atoms with van der Waals surface area (Å²) in [5, 5.41) is 0. The fourth-order valence-corrected chi connectivity index (χ4v) is 3.11. The first kappa shape index (κ1) is 20.2. The van der Waals surface area contributed by atoms with E-state index in [1.807, 2.05) is 0 Å². The summed E-state index contributed by atoms with van der Waals surface area (Å²) in [6.07, 6.45) is 1.55. The van der Waals surface area contributed by atoms with Gasteiger partial charge in [0, 0.05) is 11.6 Å². The Bertz CT molecular complexity index is 1210. The molecule has 0 N–H and O–H groups in total. The molecule has 0 saturated carbocycles. The van der Waals surface area contributed by atoms with E-state index in [0.717, 1.165) is 0 Å². The molecule has 0 spiro atoms. The van der Waals surface area contributed by atoms with Gasteiger partial charge in [-0.15, -0.1) is 0 Å². The van der Waals surface area contributed by atoms with Crippen molar-refractivity contribution in [2.24, 2.45) is 0 Å². The molecule has 0 unspecified atom stereocenters. The van der Waals surface area contributed by atoms with Crippen molar-refractivity contribution in [2.45, 2.75) is 0 Å². The van der Waals surface area contributed by atoms with Gasteiger partial charge in [-0.05, 0) is 48.5 Å². The van der Waals surface area contributed by atoms with Gasteiger partial charge in [0.2, 0.25) is 5.78 Å². The smallest absolute Gasteiger partial charge is 0.346 e. The molecule has 6 nitrogen and oxygen atoms in total. The van der Waals surface area contributed by atoms with Crippen LogP contribution in [0.4, 0.5) is 4.39 Å². The third-order valence-corrected chi connectivity index (χ3v) is 4.67. The van der Waals surface area contributed by atoms with Gasteiger partial charge < -0.3 is 18.9 Å². The number of allylic oxidation sites excluding steroid dienone is 1. The van der Waals surface area contributed by atoms with Gasteiger partial charge >= 0.3 is 5.97 Å². The lowest BCUT2D eigenvalue weighted by molar-refractivity contribution is 0.0729. The first-order valence-corrected chi connectivity index (χ1v) is 9.27. The first-order chi connectivity index (χ1) is 15.0. The highest BCUT2D eigenvalue weighted by atomic mass is 19.1. The minimum atomic E-state index is -0.848. The minimum Gasteiger partial charge on any atom is -0.497 e. The number of benzene rings is 3. The van der Waals surface area contributed by atoms with Crippen LogP contribution in [0, 0.1) is 5.82 Å². The van der Waals surface area contributed by atoms with E-state index in [1.54, 1.807) is 24.3 Å². The maximum atomic E-state index is 13.8. The second-order valence-corrected chi connectivity index (χ2v) is 6.57. The van der Waals surface area contributed by atoms with Crippen LogP contribution < -0.4 is 18.9 Å². The summed E-state index contributed by atoms with van der Waals surface area (Å²) in [5.41, 5.74) is 0.730. The van der Waals surface area contributed by atoms with Gasteiger partial charge in [0.05, 0.1) is 25.3 Å². The molecule has 0 fully saturated rings. The maximum Gasteiger partial charge on any atom is 0.346 e. The molecular formula is C24H17FO6. The van der Waals surface area contributed by atoms with Crippen molar-refractivity contribution >= 4 is 17.8 Å². The molecule has 0 bridgehead atoms. The van der Waals surface area contributed by atoms with Crippen LogP contribution in [0.1, 0.15) is 26.3 Å². The van der Waals surface area contributed by atoms with Crippen LogP contribution >= 0.6 is 0 Å². The normalized spacial score (nSPS) is 13.5. The number of esters is 1. The van der Waals surface area contributed by atoms with Crippen LogP contribution in [0.2, 0.25) is 0 Å². The summed E-state index contributed by atoms with van der Waals surface area (Å²) < 4.78 is 35.3. The molecule has 0 amide bonds. The monoisotopic (exact) mass is 420 g/mol. The van der Waals surface area contributed by atoms with E-state index in [0.29, 0.717) is 22.6 Å². The van der Waals surface area contributed by atoms with Crippen LogP contribution in [0.15, 0.2) is 66.4 Å². The molecule has 7 heteroatoms. The largest absolute Gasteiger partial charge is 0.497 e. The van der Waals surface area contributed by atoms with Crippen LogP contribution in [0.25, 0.3) is 6.08 Å². The number of hydrogen-bond acceptors (Lipinski definition) is 6. The second-order valence-electron chi connectivity index (χ2n) is 6.57. The summed E-state index contributed by atoms with van der Waals surface area (Å²) >= 11 is 0. The van der Waals surface area contributed by atoms with E-state index in [-0.39, 0.29) is 28.6 Å². The van der Waals surface area contributed by atoms with E-state index in [9.17, 15) is 14.0 Å². The van der Waals surface area contributed by atoms with Crippen molar-refractivity contribution in [3.8, 4) is 23.0 Å². The average molecular weight is 420 g/mol. The third kappa shape index (κ3) is 3.98. The SMILES string of the molecule is COc1ccc(OC)c(/C=C2/Oc3cc(OC(=O)c4ccccc4F)ccc3C2=O)c1. The molecule has 1 aliphatic rings. The Kier molecular flexibility index (Phi) is 5.41. The molecule has 1 aliphatic heterocycles. The van der Waals surface area contributed by atoms with E-state index >= 15 is 0 Å². The molecule has 0 aliphatic carbocycles. The number of hydrogen-bond donors (Lipinski definition) is 0. The van der Waals surface area contributed by atoms with E-state index in [2.05, 4.69) is 0 Å². The molecule has 3 aromatic rings. The highest BCUT2D eigenvalue weighted by Gasteiger charge is 2.28. The van der Waals surface area contributed by atoms with Crippen molar-refractivity contribution in [3.05, 3.63) is 88.9 Å². The van der Waals surface area contributed by atoms with Crippen LogP contribution in [0.5, 0.6) is 23.0 Å². The lowest BCUT2D eigenvalue weighted by atomic mass is 10.1. The molecule has 156 valence electrons. The molecule has 0 aromatic heterocycles. The fraction of sp³-hybridized carbons (Fsp3) is 0.0833. The van der Waals surface area contributed by atoms with Crippen LogP contribution in [0.3, 0.4) is 0 Å². The Morgan fingerprint density at radius 1 is 0.968 bits per heavy atom. The van der Waals surface area contributed by atoms with Crippen molar-refractivity contribution in [2.75, 3.05) is 14.2 Å². The Hall–Kier alpha value is -4.13. The van der Waals surface area contributed by atoms with Gasteiger partial charge in [0.1, 0.15) is 28.8 Å². The average Bonchev–Trinajstić information content (AvgIpc) is 3.08. The van der Waals surface area contributed by atoms with Crippen molar-refractivity contribution in [1.82, 2.24) is 0 Å². The van der Waals surface area contributed by atoms with Gasteiger partial charge in [0.25, 0.3) is 0 Å². The van der Waals surface area contributed by atoms with Crippen LogP contribution in [-0.2, 0) is 0 Å². The molecular weight excluding hydrogens is 403 g/mol. The van der Waals surface area contributed by atoms with Crippen molar-refractivity contribution in [3.63, 3.8) is 0 Å². The quantitative estimate of drug-likeness (QED) is 0.339. The lowest BCUT2D eigenvalue weighted by Crippen LogP contribution is -2.10. The van der Waals surface area contributed by atoms with Gasteiger partial charge in [0.15, 0.2) is 5.76 Å². The lowest BCUT2D eigenvalue weighted by Gasteiger charge is -2.08. The van der Waals surface area contributed by atoms with Crippen molar-refractivity contribution < 1.29 is 32.9 Å². The summed E-state index contributed by atoms with van der Waals surface area (Å²) in [7, 11) is 3.06. The molecule has 31 heavy (non-hydrogen) atoms. The Balaban J connectivity index is 1.60. The first-order valence-electron chi connectivity index (χ1n) is 9.27. The molecule has 0 atom stereocenters. The predicted octanol–water partition coefficient (Wildman–Crippen LogP) is 4.68. The Morgan fingerprint density at radius 3 is 2.48 bits per heavy atom. The number of rotatable bonds is 5. The number of halogens is 1. The van der Waals surface area contributed by atoms with Gasteiger partial charge in [-0.25, -0.2) is 9.18 Å². The summed E-state index contributed by atoms with van der Waals surface area (Å²) in [6, 6.07) is 15.0. The number of Topliss-reactive ketones (excluding diaryl/α,β-unsaturated/α-hetero) is 1. The zero-order valence-electron chi connectivity index (χ0n) is 16.7. The van der Waals surface area contributed by atoms with E-state index in [1.165, 1.54) is 56.7 Å². The molecule has 0 saturated heterocycles. The third-order valence-electron chi connectivity index (χ3n) is 4.67. The molecule has 4 rings (SSSR count). The van der Waals surface area contributed by atoms with E-state index in [4.69, 9.17) is 18.9 Å². The standard InChI is InChI=1S/C24H17FO6/c1-28-15-8-10-20(29-2)14(11-15)12-22-23(26)18-9-7-16(13-21(18)31-22)30-24(27)17-5-3-4-6-19(17)25/h3-13H,1-2H3/b22-12+. The second kappa shape index (κ2) is 8.31. The maximum absolute atomic E-state index is 13.8. The Labute approximate surface area is 177 Å². The summed E-state index contributed by atoms with van der Waals surface area (Å²) in [4.78, 5) is 25.0. The minimum absolute atomic E-state index is 0.0825. The van der Waals surface area contributed by atoms with Crippen LogP contribution in [-0.4, -0.2) is 26.0 Å². The number of carbonyl (C=O) groups is 2. The van der Waals surface area contributed by atoms with Gasteiger partial charge in [-0.2, -0.15) is 0 Å². The van der Waals surface area contributed by atoms with E-state index < -0.39 is 11.8 Å². The molecule has 0 radical (unpaired) electrons. The zero-order chi connectivity index (χ0) is 22.0. The van der Waals surface area contributed by atoms with Crippen molar-refractivity contribution in [1.29, 1.82) is 0 Å². The van der Waals surface area contributed by atoms with Gasteiger partial charge in [-0.3, -0.25) is 4.79 Å². The number of methoxy groups -OCH3 is 2. The summed E-state index contributed by atoms with van der Waals surface area (Å²) in [5.74, 6) is -0.280. The topological polar surface area (TPSA) is 71.1 Å². The number of ketones is 1. The number of ether oxygens (including phenoxy) is 4. The highest BCUT2D eigenvalue weighted by Crippen LogP contribution is 2.36. The predicted molar refractivity (Wildman–Crippen MR) is 110 cm³/mol. The number of fused-ring (bicyclic) bond motifs is 1.